The molecule has 0 amide bonds. The number of aliphatic hydroxyl groups is 1. The zero-order valence-electron chi connectivity index (χ0n) is 4.50. The summed E-state index contributed by atoms with van der Waals surface area (Å²) in [5.74, 6) is 0. The molecular weight excluding hydrogens is 122 g/mol. The largest absolute Gasteiger partial charge is 0.393 e. The first-order valence-electron chi connectivity index (χ1n) is 2.25. The Morgan fingerprint density at radius 3 is 2.62 bits per heavy atom. The molecule has 3 N–H and O–H groups in total. The van der Waals surface area contributed by atoms with Crippen LogP contribution in [-0.4, -0.2) is 16.2 Å². The zero-order chi connectivity index (χ0) is 6.57. The van der Waals surface area contributed by atoms with Gasteiger partial charge in [0.05, 0.1) is 11.1 Å². The Morgan fingerprint density at radius 2 is 2.50 bits per heavy atom. The molecule has 0 aliphatic rings. The van der Waals surface area contributed by atoms with Gasteiger partial charge in [-0.3, -0.25) is 0 Å². The molecule has 0 aliphatic heterocycles. The second kappa shape index (κ2) is 3.57. The number of nitrogens with two attached hydrogens (primary N) is 1. The van der Waals surface area contributed by atoms with E-state index in [0.717, 1.165) is 0 Å². The Labute approximate surface area is 54.0 Å². The van der Waals surface area contributed by atoms with Gasteiger partial charge < -0.3 is 10.8 Å². The lowest BCUT2D eigenvalue weighted by Crippen LogP contribution is -2.15. The van der Waals surface area contributed by atoms with Crippen LogP contribution in [0, 0.1) is 0 Å². The molecule has 0 bridgehead atoms. The highest BCUT2D eigenvalue weighted by atomic mass is 32.1. The molecule has 0 aromatic heterocycles. The Bertz CT molecular complexity index is 103. The van der Waals surface area contributed by atoms with Gasteiger partial charge in [-0.25, -0.2) is 0 Å². The molecule has 3 heteroatoms. The van der Waals surface area contributed by atoms with Crippen LogP contribution >= 0.6 is 12.2 Å². The van der Waals surface area contributed by atoms with Gasteiger partial charge >= 0.3 is 0 Å². The molecule has 1 atom stereocenters. The van der Waals surface area contributed by atoms with Crippen LogP contribution in [0.3, 0.4) is 0 Å². The smallest absolute Gasteiger partial charge is 0.0781 e. The third-order valence-electron chi connectivity index (χ3n) is 0.682. The molecule has 0 aliphatic carbocycles. The Morgan fingerprint density at radius 1 is 2.00 bits per heavy atom. The van der Waals surface area contributed by atoms with Gasteiger partial charge in [-0.15, -0.1) is 6.58 Å². The third kappa shape index (κ3) is 3.77. The van der Waals surface area contributed by atoms with Gasteiger partial charge in [0.15, 0.2) is 0 Å². The monoisotopic (exact) mass is 131 g/mol. The van der Waals surface area contributed by atoms with Crippen LogP contribution in [0.1, 0.15) is 6.42 Å². The highest BCUT2D eigenvalue weighted by Gasteiger charge is 1.97. The van der Waals surface area contributed by atoms with E-state index in [1.54, 1.807) is 0 Å². The molecule has 46 valence electrons. The minimum atomic E-state index is -0.576. The first kappa shape index (κ1) is 7.59. The fourth-order valence-electron chi connectivity index (χ4n) is 0.289. The predicted octanol–water partition coefficient (Wildman–Crippen LogP) is 0.210. The van der Waals surface area contributed by atoms with E-state index in [1.807, 2.05) is 0 Å². The first-order chi connectivity index (χ1) is 3.66. The lowest BCUT2D eigenvalue weighted by atomic mass is 10.2. The predicted molar refractivity (Wildman–Crippen MR) is 37.6 cm³/mol. The standard InChI is InChI=1S/C5H9NOS/c1-2-4(7)3-5(6)8/h2,4,7H,1,3H2,(H2,6,8)/t4-/m1/s1. The highest BCUT2D eigenvalue weighted by molar-refractivity contribution is 7.80. The number of thiocarbonyl (C=S) groups is 1. The van der Waals surface area contributed by atoms with Crippen molar-refractivity contribution in [2.75, 3.05) is 0 Å². The number of rotatable bonds is 3. The minimum absolute atomic E-state index is 0.317. The average molecular weight is 131 g/mol. The van der Waals surface area contributed by atoms with Crippen molar-refractivity contribution in [2.45, 2.75) is 12.5 Å². The van der Waals surface area contributed by atoms with Gasteiger partial charge in [0.25, 0.3) is 0 Å². The van der Waals surface area contributed by atoms with Crippen LogP contribution in [-0.2, 0) is 0 Å². The van der Waals surface area contributed by atoms with Gasteiger partial charge in [0, 0.05) is 6.42 Å². The SMILES string of the molecule is C=C[C@@H](O)CC(N)=S. The van der Waals surface area contributed by atoms with Crippen molar-refractivity contribution in [3.05, 3.63) is 12.7 Å². The van der Waals surface area contributed by atoms with Crippen molar-refractivity contribution < 1.29 is 5.11 Å². The lowest BCUT2D eigenvalue weighted by Gasteiger charge is -1.99. The van der Waals surface area contributed by atoms with Gasteiger partial charge in [-0.1, -0.05) is 18.3 Å². The Kier molecular flexibility index (Phi) is 3.39. The van der Waals surface area contributed by atoms with E-state index in [4.69, 9.17) is 10.8 Å². The van der Waals surface area contributed by atoms with Gasteiger partial charge in [-0.05, 0) is 0 Å². The minimum Gasteiger partial charge on any atom is -0.393 e. The van der Waals surface area contributed by atoms with Crippen molar-refractivity contribution in [1.82, 2.24) is 0 Å². The molecule has 0 rings (SSSR count). The van der Waals surface area contributed by atoms with Crippen molar-refractivity contribution in [3.8, 4) is 0 Å². The van der Waals surface area contributed by atoms with Gasteiger partial charge in [0.1, 0.15) is 0 Å². The van der Waals surface area contributed by atoms with Crippen LogP contribution in [0.2, 0.25) is 0 Å². The third-order valence-corrected chi connectivity index (χ3v) is 0.849. The quantitative estimate of drug-likeness (QED) is 0.425. The first-order valence-corrected chi connectivity index (χ1v) is 2.66. The summed E-state index contributed by atoms with van der Waals surface area (Å²) in [4.78, 5) is 0.317. The fourth-order valence-corrected chi connectivity index (χ4v) is 0.460. The topological polar surface area (TPSA) is 46.2 Å². The maximum atomic E-state index is 8.74. The van der Waals surface area contributed by atoms with Gasteiger partial charge in [-0.2, -0.15) is 0 Å². The summed E-state index contributed by atoms with van der Waals surface area (Å²) in [7, 11) is 0. The van der Waals surface area contributed by atoms with Crippen molar-refractivity contribution >= 4 is 17.2 Å². The van der Waals surface area contributed by atoms with E-state index < -0.39 is 6.10 Å². The number of hydrogen-bond donors (Lipinski definition) is 2. The van der Waals surface area contributed by atoms with Crippen LogP contribution in [0.4, 0.5) is 0 Å². The summed E-state index contributed by atoms with van der Waals surface area (Å²) in [5.41, 5.74) is 5.09. The van der Waals surface area contributed by atoms with Crippen molar-refractivity contribution in [2.24, 2.45) is 5.73 Å². The van der Waals surface area contributed by atoms with Crippen molar-refractivity contribution in [3.63, 3.8) is 0 Å². The molecule has 8 heavy (non-hydrogen) atoms. The van der Waals surface area contributed by atoms with Crippen LogP contribution in [0.15, 0.2) is 12.7 Å². The number of hydrogen-bond acceptors (Lipinski definition) is 2. The molecule has 0 saturated carbocycles. The van der Waals surface area contributed by atoms with E-state index in [9.17, 15) is 0 Å². The zero-order valence-corrected chi connectivity index (χ0v) is 5.32. The normalized spacial score (nSPS) is 12.6. The van der Waals surface area contributed by atoms with E-state index >= 15 is 0 Å². The molecule has 0 aromatic rings. The van der Waals surface area contributed by atoms with Crippen LogP contribution in [0.25, 0.3) is 0 Å². The molecule has 2 nitrogen and oxygen atoms in total. The molecule has 0 unspecified atom stereocenters. The number of aliphatic hydroxyl groups excluding tert-OH is 1. The molecule has 0 saturated heterocycles. The van der Waals surface area contributed by atoms with E-state index in [-0.39, 0.29) is 0 Å². The summed E-state index contributed by atoms with van der Waals surface area (Å²) >= 11 is 4.51. The summed E-state index contributed by atoms with van der Waals surface area (Å²) in [6.07, 6.45) is 1.16. The van der Waals surface area contributed by atoms with Gasteiger partial charge in [0.2, 0.25) is 0 Å². The summed E-state index contributed by atoms with van der Waals surface area (Å²) in [6.45, 7) is 3.35. The fraction of sp³-hybridized carbons (Fsp3) is 0.400. The Balaban J connectivity index is 3.38. The summed E-state index contributed by atoms with van der Waals surface area (Å²) in [6, 6.07) is 0. The average Bonchev–Trinajstić information content (AvgIpc) is 1.65. The second-order valence-corrected chi connectivity index (χ2v) is 2.00. The summed E-state index contributed by atoms with van der Waals surface area (Å²) in [5, 5.41) is 8.74. The van der Waals surface area contributed by atoms with Crippen molar-refractivity contribution in [1.29, 1.82) is 0 Å². The van der Waals surface area contributed by atoms with E-state index in [0.29, 0.717) is 11.4 Å². The Hall–Kier alpha value is -0.410. The lowest BCUT2D eigenvalue weighted by molar-refractivity contribution is 0.232. The van der Waals surface area contributed by atoms with Crippen LogP contribution in [0.5, 0.6) is 0 Å². The highest BCUT2D eigenvalue weighted by Crippen LogP contribution is 1.90. The maximum absolute atomic E-state index is 8.74. The second-order valence-electron chi connectivity index (χ2n) is 1.47. The van der Waals surface area contributed by atoms with E-state index in [1.165, 1.54) is 6.08 Å². The summed E-state index contributed by atoms with van der Waals surface area (Å²) < 4.78 is 0. The molecule has 0 fully saturated rings. The molecule has 0 spiro atoms. The van der Waals surface area contributed by atoms with E-state index in [2.05, 4.69) is 18.8 Å². The molecule has 0 heterocycles. The molecular formula is C5H9NOS. The van der Waals surface area contributed by atoms with Crippen LogP contribution < -0.4 is 5.73 Å². The molecule has 0 aromatic carbocycles. The maximum Gasteiger partial charge on any atom is 0.0781 e. The molecule has 0 radical (unpaired) electrons.